The fraction of sp³-hybridized carbons (Fsp3) is 0.200. The predicted octanol–water partition coefficient (Wildman–Crippen LogP) is 0.516. The molecule has 6 heteroatoms. The van der Waals surface area contributed by atoms with Gasteiger partial charge in [0.25, 0.3) is 0 Å². The van der Waals surface area contributed by atoms with Crippen molar-refractivity contribution in [3.05, 3.63) is 30.5 Å². The maximum atomic E-state index is 11.8. The van der Waals surface area contributed by atoms with Gasteiger partial charge in [-0.3, -0.25) is 4.57 Å². The molecule has 0 fully saturated rings. The van der Waals surface area contributed by atoms with Gasteiger partial charge in [-0.2, -0.15) is 0 Å². The van der Waals surface area contributed by atoms with E-state index >= 15 is 0 Å². The molecule has 84 valence electrons. The first-order chi connectivity index (χ1) is 7.54. The summed E-state index contributed by atoms with van der Waals surface area (Å²) in [7, 11) is -0.841. The van der Waals surface area contributed by atoms with Crippen LogP contribution in [0.5, 0.6) is 0 Å². The van der Waals surface area contributed by atoms with Crippen LogP contribution < -0.4 is 9.99 Å². The molecule has 0 saturated carbocycles. The van der Waals surface area contributed by atoms with Crippen molar-refractivity contribution in [2.24, 2.45) is 7.05 Å². The molecule has 1 heterocycles. The smallest absolute Gasteiger partial charge is 0.321 e. The highest BCUT2D eigenvalue weighted by Gasteiger charge is 2.27. The Balaban J connectivity index is 2.83. The summed E-state index contributed by atoms with van der Waals surface area (Å²) in [6.45, 7) is 0. The van der Waals surface area contributed by atoms with Crippen molar-refractivity contribution in [3.8, 4) is 0 Å². The van der Waals surface area contributed by atoms with Crippen LogP contribution in [0.25, 0.3) is 10.9 Å². The normalized spacial score (nSPS) is 14.9. The number of hydrogen-bond donors (Lipinski definition) is 1. The Hall–Kier alpha value is -1.29. The lowest BCUT2D eigenvalue weighted by Crippen LogP contribution is -2.36. The van der Waals surface area contributed by atoms with Crippen LogP contribution in [0.15, 0.2) is 30.5 Å². The lowest BCUT2D eigenvalue weighted by Gasteiger charge is -2.08. The Kier molecular flexibility index (Phi) is 2.76. The Morgan fingerprint density at radius 3 is 2.81 bits per heavy atom. The third-order valence-corrected chi connectivity index (χ3v) is 3.77. The zero-order chi connectivity index (χ0) is 11.8. The molecule has 0 aliphatic carbocycles. The van der Waals surface area contributed by atoms with Crippen molar-refractivity contribution in [1.82, 2.24) is 5.10 Å². The maximum absolute atomic E-state index is 11.8. The molecule has 0 amide bonds. The summed E-state index contributed by atoms with van der Waals surface area (Å²) < 4.78 is 18.0. The lowest BCUT2D eigenvalue weighted by atomic mass is 10.2. The van der Waals surface area contributed by atoms with E-state index in [0.29, 0.717) is 10.9 Å². The van der Waals surface area contributed by atoms with E-state index in [4.69, 9.17) is 0 Å². The zero-order valence-electron chi connectivity index (χ0n) is 8.99. The minimum absolute atomic E-state index is 0.267. The maximum Gasteiger partial charge on any atom is 0.365 e. The second-order valence-corrected chi connectivity index (χ2v) is 5.30. The number of rotatable bonds is 2. The molecule has 0 aliphatic heterocycles. The van der Waals surface area contributed by atoms with Crippen LogP contribution >= 0.6 is 7.60 Å². The number of aromatic nitrogens is 2. The van der Waals surface area contributed by atoms with Gasteiger partial charge in [-0.15, -0.1) is 0 Å². The molecular weight excluding hydrogens is 227 g/mol. The zero-order valence-corrected chi connectivity index (χ0v) is 9.89. The molecule has 1 unspecified atom stereocenters. The summed E-state index contributed by atoms with van der Waals surface area (Å²) in [5.41, 5.74) is 0.661. The number of benzene rings is 1. The Morgan fingerprint density at radius 2 is 2.12 bits per heavy atom. The average molecular weight is 239 g/mol. The topological polar surface area (TPSA) is 63.3 Å². The standard InChI is InChI=1S/C10H11N2O3P/c1-12-7-10(16(13,14)15-2)8-5-3-4-6-9(8)11-12/h3-7H,1-2H3/p+1. The molecule has 2 rings (SSSR count). The number of nitrogens with zero attached hydrogens (tertiary/aromatic N) is 2. The molecule has 1 atom stereocenters. The monoisotopic (exact) mass is 239 g/mol. The Bertz CT molecular complexity index is 585. The lowest BCUT2D eigenvalue weighted by molar-refractivity contribution is -0.727. The van der Waals surface area contributed by atoms with Crippen LogP contribution in [-0.4, -0.2) is 17.1 Å². The van der Waals surface area contributed by atoms with Gasteiger partial charge in [-0.25, -0.2) is 0 Å². The minimum Gasteiger partial charge on any atom is -0.321 e. The van der Waals surface area contributed by atoms with Gasteiger partial charge in [0, 0.05) is 12.5 Å². The summed E-state index contributed by atoms with van der Waals surface area (Å²) >= 11 is 0. The fourth-order valence-electron chi connectivity index (χ4n) is 1.55. The first kappa shape index (κ1) is 11.2. The van der Waals surface area contributed by atoms with Crippen LogP contribution in [0.3, 0.4) is 0 Å². The van der Waals surface area contributed by atoms with Gasteiger partial charge in [0.15, 0.2) is 7.05 Å². The van der Waals surface area contributed by atoms with Crippen molar-refractivity contribution in [2.45, 2.75) is 0 Å². The average Bonchev–Trinajstić information content (AvgIpc) is 2.28. The number of aryl methyl sites for hydroxylation is 1. The van der Waals surface area contributed by atoms with Crippen LogP contribution in [-0.2, 0) is 16.1 Å². The van der Waals surface area contributed by atoms with Gasteiger partial charge in [-0.05, 0) is 11.2 Å². The molecule has 2 aromatic rings. The van der Waals surface area contributed by atoms with Crippen LogP contribution in [0.1, 0.15) is 0 Å². The molecule has 0 spiro atoms. The van der Waals surface area contributed by atoms with E-state index in [1.165, 1.54) is 18.0 Å². The van der Waals surface area contributed by atoms with Gasteiger partial charge in [0.05, 0.1) is 0 Å². The number of fused-ring (bicyclic) bond motifs is 1. The third kappa shape index (κ3) is 1.85. The third-order valence-electron chi connectivity index (χ3n) is 2.31. The molecule has 1 N–H and O–H groups in total. The molecule has 5 nitrogen and oxygen atoms in total. The van der Waals surface area contributed by atoms with Crippen LogP contribution in [0, 0.1) is 0 Å². The van der Waals surface area contributed by atoms with Crippen molar-refractivity contribution in [1.29, 1.82) is 0 Å². The van der Waals surface area contributed by atoms with Crippen molar-refractivity contribution >= 4 is 23.8 Å². The highest BCUT2D eigenvalue weighted by atomic mass is 31.2. The van der Waals surface area contributed by atoms with E-state index in [9.17, 15) is 9.46 Å². The van der Waals surface area contributed by atoms with E-state index in [1.807, 2.05) is 6.07 Å². The SMILES string of the molecule is COP(=O)(O)c1c[n+](C)nc2ccccc12. The highest BCUT2D eigenvalue weighted by Crippen LogP contribution is 2.40. The molecule has 1 aromatic heterocycles. The van der Waals surface area contributed by atoms with Gasteiger partial charge in [0.1, 0.15) is 10.8 Å². The van der Waals surface area contributed by atoms with Gasteiger partial charge in [-0.1, -0.05) is 22.9 Å². The molecule has 0 radical (unpaired) electrons. The van der Waals surface area contributed by atoms with Gasteiger partial charge >= 0.3 is 7.60 Å². The summed E-state index contributed by atoms with van der Waals surface area (Å²) in [4.78, 5) is 9.71. The number of hydrogen-bond acceptors (Lipinski definition) is 3. The van der Waals surface area contributed by atoms with E-state index in [-0.39, 0.29) is 5.30 Å². The molecule has 1 aromatic carbocycles. The summed E-state index contributed by atoms with van der Waals surface area (Å²) in [6.07, 6.45) is 1.51. The first-order valence-electron chi connectivity index (χ1n) is 4.69. The molecule has 16 heavy (non-hydrogen) atoms. The van der Waals surface area contributed by atoms with Gasteiger partial charge in [0.2, 0.25) is 6.20 Å². The van der Waals surface area contributed by atoms with Gasteiger partial charge < -0.3 is 9.42 Å². The second-order valence-electron chi connectivity index (χ2n) is 3.41. The fourth-order valence-corrected chi connectivity index (χ4v) is 2.55. The summed E-state index contributed by atoms with van der Waals surface area (Å²) in [6, 6.07) is 7.16. The quantitative estimate of drug-likeness (QED) is 0.613. The molecule has 0 aliphatic rings. The summed E-state index contributed by atoms with van der Waals surface area (Å²) in [5, 5.41) is 5.11. The Morgan fingerprint density at radius 1 is 1.44 bits per heavy atom. The van der Waals surface area contributed by atoms with Crippen molar-refractivity contribution in [3.63, 3.8) is 0 Å². The highest BCUT2D eigenvalue weighted by molar-refractivity contribution is 7.61. The van der Waals surface area contributed by atoms with E-state index < -0.39 is 7.60 Å². The second kappa shape index (κ2) is 3.94. The van der Waals surface area contributed by atoms with E-state index in [1.54, 1.807) is 25.2 Å². The summed E-state index contributed by atoms with van der Waals surface area (Å²) in [5.74, 6) is 0. The minimum atomic E-state index is -3.76. The van der Waals surface area contributed by atoms with Crippen molar-refractivity contribution < 1.29 is 18.7 Å². The molecular formula is C10H12N2O3P+. The van der Waals surface area contributed by atoms with E-state index in [2.05, 4.69) is 9.62 Å². The first-order valence-corrected chi connectivity index (χ1v) is 6.27. The molecule has 0 bridgehead atoms. The van der Waals surface area contributed by atoms with Crippen LogP contribution in [0.2, 0.25) is 0 Å². The van der Waals surface area contributed by atoms with Crippen LogP contribution in [0.4, 0.5) is 0 Å². The predicted molar refractivity (Wildman–Crippen MR) is 59.4 cm³/mol. The van der Waals surface area contributed by atoms with E-state index in [0.717, 1.165) is 0 Å². The Labute approximate surface area is 92.8 Å². The molecule has 0 saturated heterocycles. The van der Waals surface area contributed by atoms with Crippen molar-refractivity contribution in [2.75, 3.05) is 7.11 Å². The largest absolute Gasteiger partial charge is 0.365 e.